The zero-order valence-electron chi connectivity index (χ0n) is 8.12. The molecule has 1 aromatic rings. The highest BCUT2D eigenvalue weighted by Crippen LogP contribution is 2.32. The molecule has 1 N–H and O–H groups in total. The summed E-state index contributed by atoms with van der Waals surface area (Å²) in [7, 11) is 0. The monoisotopic (exact) mass is 195 g/mol. The van der Waals surface area contributed by atoms with Gasteiger partial charge in [0.25, 0.3) is 0 Å². The van der Waals surface area contributed by atoms with Crippen LogP contribution in [0.25, 0.3) is 0 Å². The molecule has 0 aromatic carbocycles. The molecule has 1 aromatic heterocycles. The summed E-state index contributed by atoms with van der Waals surface area (Å²) in [4.78, 5) is 0. The van der Waals surface area contributed by atoms with Crippen molar-refractivity contribution in [2.45, 2.75) is 32.2 Å². The van der Waals surface area contributed by atoms with Crippen LogP contribution >= 0.6 is 11.3 Å². The minimum atomic E-state index is 0.735. The Balaban J connectivity index is 1.63. The molecule has 2 heteroatoms. The fourth-order valence-corrected chi connectivity index (χ4v) is 2.35. The molecular formula is C11H17NS. The van der Waals surface area contributed by atoms with Crippen LogP contribution < -0.4 is 5.32 Å². The predicted octanol–water partition coefficient (Wildman–Crippen LogP) is 2.68. The molecule has 0 spiro atoms. The first-order valence-corrected chi connectivity index (χ1v) is 6.05. The smallest absolute Gasteiger partial charge is 0.00671 e. The van der Waals surface area contributed by atoms with E-state index in [1.807, 2.05) is 0 Å². The largest absolute Gasteiger partial charge is 0.314 e. The molecule has 1 heterocycles. The van der Waals surface area contributed by atoms with Crippen LogP contribution in [0.15, 0.2) is 16.8 Å². The lowest BCUT2D eigenvalue weighted by molar-refractivity contribution is 0.500. The van der Waals surface area contributed by atoms with Crippen molar-refractivity contribution < 1.29 is 0 Å². The molecule has 1 atom stereocenters. The van der Waals surface area contributed by atoms with Gasteiger partial charge in [-0.15, -0.1) is 0 Å². The molecule has 1 fully saturated rings. The standard InChI is InChI=1S/C11H17NS/c1-9(11-2-3-11)12-6-4-10-5-7-13-8-10/h5,7-9,11-12H,2-4,6H2,1H3. The summed E-state index contributed by atoms with van der Waals surface area (Å²) >= 11 is 1.79. The van der Waals surface area contributed by atoms with Gasteiger partial charge in [-0.1, -0.05) is 0 Å². The number of thiophene rings is 1. The number of hydrogen-bond donors (Lipinski definition) is 1. The normalized spacial score (nSPS) is 18.8. The summed E-state index contributed by atoms with van der Waals surface area (Å²) in [6, 6.07) is 2.95. The quantitative estimate of drug-likeness (QED) is 0.761. The van der Waals surface area contributed by atoms with Crippen molar-refractivity contribution in [1.82, 2.24) is 5.32 Å². The van der Waals surface area contributed by atoms with E-state index in [4.69, 9.17) is 0 Å². The molecular weight excluding hydrogens is 178 g/mol. The van der Waals surface area contributed by atoms with Crippen molar-refractivity contribution >= 4 is 11.3 Å². The first-order valence-electron chi connectivity index (χ1n) is 5.11. The minimum absolute atomic E-state index is 0.735. The van der Waals surface area contributed by atoms with Crippen LogP contribution in [0.2, 0.25) is 0 Å². The summed E-state index contributed by atoms with van der Waals surface area (Å²) in [6.07, 6.45) is 4.06. The van der Waals surface area contributed by atoms with Gasteiger partial charge in [-0.2, -0.15) is 11.3 Å². The molecule has 72 valence electrons. The number of hydrogen-bond acceptors (Lipinski definition) is 2. The van der Waals surface area contributed by atoms with Gasteiger partial charge in [0.05, 0.1) is 0 Å². The second-order valence-electron chi connectivity index (χ2n) is 3.96. The van der Waals surface area contributed by atoms with Gasteiger partial charge in [-0.05, 0) is 61.0 Å². The lowest BCUT2D eigenvalue weighted by atomic mass is 10.2. The van der Waals surface area contributed by atoms with Gasteiger partial charge in [-0.3, -0.25) is 0 Å². The molecule has 1 saturated carbocycles. The van der Waals surface area contributed by atoms with Crippen LogP contribution in [0, 0.1) is 5.92 Å². The molecule has 1 aliphatic rings. The fourth-order valence-electron chi connectivity index (χ4n) is 1.64. The van der Waals surface area contributed by atoms with E-state index in [2.05, 4.69) is 29.1 Å². The minimum Gasteiger partial charge on any atom is -0.314 e. The maximum absolute atomic E-state index is 3.59. The highest BCUT2D eigenvalue weighted by atomic mass is 32.1. The molecule has 0 radical (unpaired) electrons. The fraction of sp³-hybridized carbons (Fsp3) is 0.636. The molecule has 0 bridgehead atoms. The third-order valence-electron chi connectivity index (χ3n) is 2.79. The van der Waals surface area contributed by atoms with E-state index in [9.17, 15) is 0 Å². The first-order chi connectivity index (χ1) is 6.36. The SMILES string of the molecule is CC(NCCc1ccsc1)C1CC1. The van der Waals surface area contributed by atoms with Gasteiger partial charge in [-0.25, -0.2) is 0 Å². The van der Waals surface area contributed by atoms with Crippen LogP contribution in [-0.2, 0) is 6.42 Å². The average molecular weight is 195 g/mol. The van der Waals surface area contributed by atoms with Crippen molar-refractivity contribution in [1.29, 1.82) is 0 Å². The lowest BCUT2D eigenvalue weighted by Gasteiger charge is -2.11. The Morgan fingerprint density at radius 3 is 3.08 bits per heavy atom. The van der Waals surface area contributed by atoms with Gasteiger partial charge in [0.15, 0.2) is 0 Å². The molecule has 0 aliphatic heterocycles. The lowest BCUT2D eigenvalue weighted by Crippen LogP contribution is -2.29. The van der Waals surface area contributed by atoms with E-state index in [1.54, 1.807) is 11.3 Å². The summed E-state index contributed by atoms with van der Waals surface area (Å²) in [5.41, 5.74) is 1.47. The molecule has 0 saturated heterocycles. The Bertz CT molecular complexity index is 239. The Morgan fingerprint density at radius 1 is 1.62 bits per heavy atom. The predicted molar refractivity (Wildman–Crippen MR) is 58.2 cm³/mol. The van der Waals surface area contributed by atoms with Crippen molar-refractivity contribution in [3.05, 3.63) is 22.4 Å². The molecule has 2 rings (SSSR count). The van der Waals surface area contributed by atoms with Crippen LogP contribution in [-0.4, -0.2) is 12.6 Å². The molecule has 1 nitrogen and oxygen atoms in total. The third kappa shape index (κ3) is 2.82. The molecule has 13 heavy (non-hydrogen) atoms. The van der Waals surface area contributed by atoms with Crippen LogP contribution in [0.5, 0.6) is 0 Å². The second-order valence-corrected chi connectivity index (χ2v) is 4.74. The summed E-state index contributed by atoms with van der Waals surface area (Å²) in [6.45, 7) is 3.44. The van der Waals surface area contributed by atoms with Crippen molar-refractivity contribution in [2.24, 2.45) is 5.92 Å². The number of nitrogens with one attached hydrogen (secondary N) is 1. The highest BCUT2D eigenvalue weighted by Gasteiger charge is 2.26. The Labute approximate surface area is 84.2 Å². The van der Waals surface area contributed by atoms with E-state index >= 15 is 0 Å². The van der Waals surface area contributed by atoms with Crippen LogP contribution in [0.4, 0.5) is 0 Å². The van der Waals surface area contributed by atoms with Gasteiger partial charge in [0.1, 0.15) is 0 Å². The Morgan fingerprint density at radius 2 is 2.46 bits per heavy atom. The zero-order chi connectivity index (χ0) is 9.10. The van der Waals surface area contributed by atoms with Crippen molar-refractivity contribution in [2.75, 3.05) is 6.54 Å². The summed E-state index contributed by atoms with van der Waals surface area (Å²) in [5.74, 6) is 0.975. The van der Waals surface area contributed by atoms with E-state index in [0.29, 0.717) is 0 Å². The zero-order valence-corrected chi connectivity index (χ0v) is 8.94. The summed E-state index contributed by atoms with van der Waals surface area (Å²) < 4.78 is 0. The summed E-state index contributed by atoms with van der Waals surface area (Å²) in [5, 5.41) is 7.98. The maximum atomic E-state index is 3.59. The van der Waals surface area contributed by atoms with Gasteiger partial charge >= 0.3 is 0 Å². The highest BCUT2D eigenvalue weighted by molar-refractivity contribution is 7.07. The maximum Gasteiger partial charge on any atom is 0.00671 e. The van der Waals surface area contributed by atoms with Crippen LogP contribution in [0.3, 0.4) is 0 Å². The molecule has 1 unspecified atom stereocenters. The van der Waals surface area contributed by atoms with E-state index in [0.717, 1.165) is 18.5 Å². The topological polar surface area (TPSA) is 12.0 Å². The third-order valence-corrected chi connectivity index (χ3v) is 3.52. The van der Waals surface area contributed by atoms with Gasteiger partial charge < -0.3 is 5.32 Å². The number of rotatable bonds is 5. The van der Waals surface area contributed by atoms with Crippen molar-refractivity contribution in [3.63, 3.8) is 0 Å². The second kappa shape index (κ2) is 4.25. The van der Waals surface area contributed by atoms with E-state index in [-0.39, 0.29) is 0 Å². The van der Waals surface area contributed by atoms with Gasteiger partial charge in [0, 0.05) is 6.04 Å². The van der Waals surface area contributed by atoms with E-state index < -0.39 is 0 Å². The Kier molecular flexibility index (Phi) is 3.01. The molecule has 1 aliphatic carbocycles. The molecule has 0 amide bonds. The average Bonchev–Trinajstić information content (AvgIpc) is 2.86. The van der Waals surface area contributed by atoms with Crippen molar-refractivity contribution in [3.8, 4) is 0 Å². The van der Waals surface area contributed by atoms with E-state index in [1.165, 1.54) is 24.8 Å². The Hall–Kier alpha value is -0.340. The first kappa shape index (κ1) is 9.22. The van der Waals surface area contributed by atoms with Gasteiger partial charge in [0.2, 0.25) is 0 Å². The van der Waals surface area contributed by atoms with Crippen LogP contribution in [0.1, 0.15) is 25.3 Å².